The largest absolute Gasteiger partial charge is 0.348 e. The van der Waals surface area contributed by atoms with Crippen molar-refractivity contribution in [3.8, 4) is 0 Å². The Morgan fingerprint density at radius 3 is 2.62 bits per heavy atom. The van der Waals surface area contributed by atoms with Crippen molar-refractivity contribution in [3.05, 3.63) is 10.6 Å². The smallest absolute Gasteiger partial charge is 0.185 e. The zero-order valence-corrected chi connectivity index (χ0v) is 10.6. The summed E-state index contributed by atoms with van der Waals surface area (Å²) in [5.41, 5.74) is 6.83. The van der Waals surface area contributed by atoms with E-state index in [2.05, 4.69) is 16.8 Å². The number of aromatic nitrogens is 1. The Hall–Kier alpha value is -0.610. The number of nitrogens with zero attached hydrogens (tertiary/aromatic N) is 2. The third kappa shape index (κ3) is 1.64. The first-order valence-electron chi connectivity index (χ1n) is 6.19. The first kappa shape index (κ1) is 10.5. The Labute approximate surface area is 101 Å². The van der Waals surface area contributed by atoms with Crippen LogP contribution in [0.15, 0.2) is 0 Å². The Kier molecular flexibility index (Phi) is 2.64. The normalized spacial score (nSPS) is 28.8. The van der Waals surface area contributed by atoms with Gasteiger partial charge in [-0.05, 0) is 31.6 Å². The summed E-state index contributed by atoms with van der Waals surface area (Å²) in [4.78, 5) is 8.38. The van der Waals surface area contributed by atoms with E-state index in [0.717, 1.165) is 17.5 Å². The molecule has 0 spiro atoms. The van der Waals surface area contributed by atoms with Gasteiger partial charge in [-0.25, -0.2) is 4.98 Å². The van der Waals surface area contributed by atoms with Crippen LogP contribution in [0, 0.1) is 18.8 Å². The Morgan fingerprint density at radius 2 is 2.06 bits per heavy atom. The zero-order valence-electron chi connectivity index (χ0n) is 9.78. The number of hydrogen-bond donors (Lipinski definition) is 1. The lowest BCUT2D eigenvalue weighted by Crippen LogP contribution is -2.20. The fourth-order valence-electron chi connectivity index (χ4n) is 3.13. The molecule has 2 atom stereocenters. The number of rotatable bonds is 2. The average Bonchev–Trinajstić information content (AvgIpc) is 2.88. The van der Waals surface area contributed by atoms with E-state index in [1.807, 2.05) is 0 Å². The Balaban J connectivity index is 1.78. The van der Waals surface area contributed by atoms with Crippen molar-refractivity contribution in [1.29, 1.82) is 0 Å². The van der Waals surface area contributed by atoms with E-state index in [1.165, 1.54) is 42.4 Å². The van der Waals surface area contributed by atoms with Crippen molar-refractivity contribution >= 4 is 16.5 Å². The fourth-order valence-corrected chi connectivity index (χ4v) is 4.09. The van der Waals surface area contributed by atoms with Gasteiger partial charge in [0.05, 0.1) is 5.69 Å². The highest BCUT2D eigenvalue weighted by Gasteiger charge is 2.37. The topological polar surface area (TPSA) is 42.2 Å². The number of hydrogen-bond acceptors (Lipinski definition) is 4. The van der Waals surface area contributed by atoms with Crippen LogP contribution in [0.4, 0.5) is 5.13 Å². The Morgan fingerprint density at radius 1 is 1.38 bits per heavy atom. The van der Waals surface area contributed by atoms with Crippen molar-refractivity contribution in [2.24, 2.45) is 17.6 Å². The molecule has 2 fully saturated rings. The second kappa shape index (κ2) is 4.00. The lowest BCUT2D eigenvalue weighted by molar-refractivity contribution is 0.494. The molecule has 0 radical (unpaired) electrons. The van der Waals surface area contributed by atoms with E-state index < -0.39 is 0 Å². The molecular formula is C12H19N3S. The van der Waals surface area contributed by atoms with Crippen LogP contribution in [0.1, 0.15) is 29.8 Å². The van der Waals surface area contributed by atoms with Gasteiger partial charge in [0.2, 0.25) is 0 Å². The molecule has 3 rings (SSSR count). The van der Waals surface area contributed by atoms with Crippen LogP contribution in [0.3, 0.4) is 0 Å². The van der Waals surface area contributed by atoms with Gasteiger partial charge in [-0.1, -0.05) is 6.42 Å². The van der Waals surface area contributed by atoms with Gasteiger partial charge < -0.3 is 10.6 Å². The highest BCUT2D eigenvalue weighted by atomic mass is 32.1. The van der Waals surface area contributed by atoms with Crippen molar-refractivity contribution in [1.82, 2.24) is 4.98 Å². The second-order valence-electron chi connectivity index (χ2n) is 5.07. The summed E-state index contributed by atoms with van der Waals surface area (Å²) in [6.07, 6.45) is 4.29. The molecule has 88 valence electrons. The zero-order chi connectivity index (χ0) is 11.1. The molecule has 1 aliphatic carbocycles. The van der Waals surface area contributed by atoms with Gasteiger partial charge in [-0.15, -0.1) is 11.3 Å². The van der Waals surface area contributed by atoms with E-state index in [1.54, 1.807) is 11.3 Å². The predicted molar refractivity (Wildman–Crippen MR) is 67.8 cm³/mol. The molecule has 2 heterocycles. The minimum Gasteiger partial charge on any atom is -0.348 e. The van der Waals surface area contributed by atoms with E-state index in [-0.39, 0.29) is 0 Å². The molecule has 4 heteroatoms. The maximum atomic E-state index is 5.71. The Bertz CT molecular complexity index is 376. The maximum Gasteiger partial charge on any atom is 0.185 e. The van der Waals surface area contributed by atoms with E-state index in [9.17, 15) is 0 Å². The molecule has 0 aromatic carbocycles. The maximum absolute atomic E-state index is 5.71. The van der Waals surface area contributed by atoms with Crippen LogP contribution in [0.2, 0.25) is 0 Å². The summed E-state index contributed by atoms with van der Waals surface area (Å²) >= 11 is 1.79. The minimum atomic E-state index is 0.629. The van der Waals surface area contributed by atoms with Crippen molar-refractivity contribution < 1.29 is 0 Å². The highest BCUT2D eigenvalue weighted by molar-refractivity contribution is 7.15. The van der Waals surface area contributed by atoms with E-state index >= 15 is 0 Å². The van der Waals surface area contributed by atoms with Crippen LogP contribution in [0.5, 0.6) is 0 Å². The van der Waals surface area contributed by atoms with E-state index in [4.69, 9.17) is 5.73 Å². The molecule has 0 amide bonds. The summed E-state index contributed by atoms with van der Waals surface area (Å²) in [5.74, 6) is 1.87. The number of anilines is 1. The summed E-state index contributed by atoms with van der Waals surface area (Å²) in [5, 5.41) is 1.20. The van der Waals surface area contributed by atoms with Gasteiger partial charge in [0.1, 0.15) is 0 Å². The fraction of sp³-hybridized carbons (Fsp3) is 0.750. The molecule has 1 aromatic rings. The van der Waals surface area contributed by atoms with Gasteiger partial charge >= 0.3 is 0 Å². The van der Waals surface area contributed by atoms with Gasteiger partial charge in [-0.2, -0.15) is 0 Å². The molecule has 1 aromatic heterocycles. The van der Waals surface area contributed by atoms with Gasteiger partial charge in [-0.3, -0.25) is 0 Å². The minimum absolute atomic E-state index is 0.629. The number of fused-ring (bicyclic) bond motifs is 1. The molecule has 2 aliphatic rings. The summed E-state index contributed by atoms with van der Waals surface area (Å²) < 4.78 is 0. The average molecular weight is 237 g/mol. The third-order valence-electron chi connectivity index (χ3n) is 4.06. The lowest BCUT2D eigenvalue weighted by atomic mass is 10.0. The monoisotopic (exact) mass is 237 g/mol. The van der Waals surface area contributed by atoms with Crippen molar-refractivity contribution in [2.45, 2.75) is 32.7 Å². The predicted octanol–water partition coefficient (Wildman–Crippen LogP) is 2.15. The molecule has 3 nitrogen and oxygen atoms in total. The van der Waals surface area contributed by atoms with Crippen LogP contribution in [-0.2, 0) is 6.54 Å². The van der Waals surface area contributed by atoms with Gasteiger partial charge in [0.15, 0.2) is 5.13 Å². The van der Waals surface area contributed by atoms with E-state index in [0.29, 0.717) is 6.54 Å². The molecule has 2 N–H and O–H groups in total. The second-order valence-corrected chi connectivity index (χ2v) is 6.13. The van der Waals surface area contributed by atoms with Crippen molar-refractivity contribution in [3.63, 3.8) is 0 Å². The highest BCUT2D eigenvalue weighted by Crippen LogP contribution is 2.40. The van der Waals surface area contributed by atoms with Gasteiger partial charge in [0, 0.05) is 24.5 Å². The molecule has 2 unspecified atom stereocenters. The van der Waals surface area contributed by atoms with Crippen LogP contribution < -0.4 is 10.6 Å². The molecule has 16 heavy (non-hydrogen) atoms. The molecule has 0 bridgehead atoms. The van der Waals surface area contributed by atoms with Crippen molar-refractivity contribution in [2.75, 3.05) is 18.0 Å². The first-order valence-corrected chi connectivity index (χ1v) is 7.01. The molecule has 1 saturated carbocycles. The van der Waals surface area contributed by atoms with Crippen LogP contribution in [-0.4, -0.2) is 18.1 Å². The van der Waals surface area contributed by atoms with Crippen LogP contribution in [0.25, 0.3) is 0 Å². The standard InChI is InChI=1S/C12H19N3S/c1-8-11(5-13)16-12(14-8)15-6-9-3-2-4-10(9)7-15/h9-10H,2-7,13H2,1H3. The SMILES string of the molecule is Cc1nc(N2CC3CCCC3C2)sc1CN. The first-order chi connectivity index (χ1) is 7.78. The quantitative estimate of drug-likeness (QED) is 0.857. The third-order valence-corrected chi connectivity index (χ3v) is 5.30. The molecular weight excluding hydrogens is 218 g/mol. The number of nitrogens with two attached hydrogens (primary N) is 1. The molecule has 1 saturated heterocycles. The van der Waals surface area contributed by atoms with Crippen LogP contribution >= 0.6 is 11.3 Å². The molecule has 1 aliphatic heterocycles. The summed E-state index contributed by atoms with van der Waals surface area (Å²) in [6.45, 7) is 5.15. The number of thiazole rings is 1. The summed E-state index contributed by atoms with van der Waals surface area (Å²) in [7, 11) is 0. The lowest BCUT2D eigenvalue weighted by Gasteiger charge is -2.15. The summed E-state index contributed by atoms with van der Waals surface area (Å²) in [6, 6.07) is 0. The van der Waals surface area contributed by atoms with Gasteiger partial charge in [0.25, 0.3) is 0 Å². The number of aryl methyl sites for hydroxylation is 1.